The van der Waals surface area contributed by atoms with Gasteiger partial charge in [-0.2, -0.15) is 5.26 Å². The maximum atomic E-state index is 13.8. The van der Waals surface area contributed by atoms with Crippen molar-refractivity contribution in [1.82, 2.24) is 0 Å². The summed E-state index contributed by atoms with van der Waals surface area (Å²) in [7, 11) is 0. The van der Waals surface area contributed by atoms with E-state index in [9.17, 15) is 4.39 Å². The van der Waals surface area contributed by atoms with Crippen molar-refractivity contribution in [3.63, 3.8) is 0 Å². The molecule has 0 saturated carbocycles. The first-order valence-corrected chi connectivity index (χ1v) is 6.69. The van der Waals surface area contributed by atoms with Gasteiger partial charge in [0.15, 0.2) is 5.82 Å². The van der Waals surface area contributed by atoms with Crippen LogP contribution in [0.5, 0.6) is 0 Å². The Hall–Kier alpha value is -1.12. The Balaban J connectivity index is 2.44. The molecule has 1 rings (SSSR count). The predicted molar refractivity (Wildman–Crippen MR) is 73.0 cm³/mol. The van der Waals surface area contributed by atoms with E-state index in [4.69, 9.17) is 10.00 Å². The largest absolute Gasteiger partial charge is 0.383 e. The lowest BCUT2D eigenvalue weighted by Crippen LogP contribution is -2.07. The Bertz CT molecular complexity index is 432. The number of nitrogens with zero attached hydrogens (tertiary/aromatic N) is 1. The standard InChI is InChI=1S/C13H16BrFN2O/c1-2-7-18-8-3-6-17-11-5-4-10(9-16)12(14)13(11)15/h4-5,17H,2-3,6-8H2,1H3. The molecule has 0 spiro atoms. The molecule has 0 radical (unpaired) electrons. The van der Waals surface area contributed by atoms with E-state index >= 15 is 0 Å². The first-order valence-electron chi connectivity index (χ1n) is 5.90. The molecule has 0 aliphatic carbocycles. The summed E-state index contributed by atoms with van der Waals surface area (Å²) in [5, 5.41) is 11.7. The van der Waals surface area contributed by atoms with Crippen LogP contribution in [0.4, 0.5) is 10.1 Å². The monoisotopic (exact) mass is 314 g/mol. The number of hydrogen-bond donors (Lipinski definition) is 1. The summed E-state index contributed by atoms with van der Waals surface area (Å²) >= 11 is 3.07. The van der Waals surface area contributed by atoms with Gasteiger partial charge in [-0.05, 0) is 40.9 Å². The molecule has 1 aromatic rings. The van der Waals surface area contributed by atoms with Gasteiger partial charge < -0.3 is 10.1 Å². The number of nitrogens with one attached hydrogen (secondary N) is 1. The molecule has 18 heavy (non-hydrogen) atoms. The van der Waals surface area contributed by atoms with Gasteiger partial charge >= 0.3 is 0 Å². The molecule has 5 heteroatoms. The van der Waals surface area contributed by atoms with E-state index in [1.807, 2.05) is 6.07 Å². The first kappa shape index (κ1) is 14.9. The zero-order valence-electron chi connectivity index (χ0n) is 10.3. The Labute approximate surface area is 115 Å². The van der Waals surface area contributed by atoms with Gasteiger partial charge in [0.05, 0.1) is 15.7 Å². The van der Waals surface area contributed by atoms with Gasteiger partial charge in [0.2, 0.25) is 0 Å². The summed E-state index contributed by atoms with van der Waals surface area (Å²) in [5.41, 5.74) is 0.695. The summed E-state index contributed by atoms with van der Waals surface area (Å²) in [6, 6.07) is 5.08. The second-order valence-corrected chi connectivity index (χ2v) is 4.59. The van der Waals surface area contributed by atoms with Gasteiger partial charge in [-0.15, -0.1) is 0 Å². The molecule has 3 nitrogen and oxygen atoms in total. The highest BCUT2D eigenvalue weighted by atomic mass is 79.9. The lowest BCUT2D eigenvalue weighted by atomic mass is 10.2. The van der Waals surface area contributed by atoms with Crippen LogP contribution < -0.4 is 5.32 Å². The minimum atomic E-state index is -0.427. The van der Waals surface area contributed by atoms with Crippen LogP contribution in [0.1, 0.15) is 25.3 Å². The van der Waals surface area contributed by atoms with E-state index in [1.54, 1.807) is 12.1 Å². The molecule has 1 aromatic carbocycles. The van der Waals surface area contributed by atoms with Crippen LogP contribution in [-0.4, -0.2) is 19.8 Å². The van der Waals surface area contributed by atoms with Crippen LogP contribution >= 0.6 is 15.9 Å². The molecule has 0 saturated heterocycles. The van der Waals surface area contributed by atoms with E-state index < -0.39 is 5.82 Å². The average molecular weight is 315 g/mol. The van der Waals surface area contributed by atoms with E-state index in [0.29, 0.717) is 24.4 Å². The Kier molecular flexibility index (Phi) is 6.69. The van der Waals surface area contributed by atoms with Crippen molar-refractivity contribution in [2.24, 2.45) is 0 Å². The van der Waals surface area contributed by atoms with Gasteiger partial charge in [-0.25, -0.2) is 4.39 Å². The van der Waals surface area contributed by atoms with Crippen LogP contribution in [0, 0.1) is 17.1 Å². The zero-order valence-corrected chi connectivity index (χ0v) is 11.9. The predicted octanol–water partition coefficient (Wildman–Crippen LogP) is 3.69. The summed E-state index contributed by atoms with van der Waals surface area (Å²) in [6.45, 7) is 4.12. The molecule has 0 bridgehead atoms. The maximum absolute atomic E-state index is 13.8. The quantitative estimate of drug-likeness (QED) is 0.781. The van der Waals surface area contributed by atoms with Gasteiger partial charge in [-0.3, -0.25) is 0 Å². The molecule has 0 unspecified atom stereocenters. The SMILES string of the molecule is CCCOCCCNc1ccc(C#N)c(Br)c1F. The number of anilines is 1. The van der Waals surface area contributed by atoms with Crippen LogP contribution in [0.25, 0.3) is 0 Å². The molecule has 0 aliphatic heterocycles. The minimum Gasteiger partial charge on any atom is -0.383 e. The van der Waals surface area contributed by atoms with Crippen LogP contribution in [-0.2, 0) is 4.74 Å². The number of rotatable bonds is 7. The zero-order chi connectivity index (χ0) is 13.4. The van der Waals surface area contributed by atoms with E-state index in [2.05, 4.69) is 28.2 Å². The van der Waals surface area contributed by atoms with Crippen molar-refractivity contribution in [1.29, 1.82) is 5.26 Å². The first-order chi connectivity index (χ1) is 8.70. The minimum absolute atomic E-state index is 0.206. The fourth-order valence-corrected chi connectivity index (χ4v) is 1.85. The highest BCUT2D eigenvalue weighted by Crippen LogP contribution is 2.26. The Morgan fingerprint density at radius 3 is 2.89 bits per heavy atom. The number of ether oxygens (including phenoxy) is 1. The second kappa shape index (κ2) is 8.06. The lowest BCUT2D eigenvalue weighted by Gasteiger charge is -2.09. The maximum Gasteiger partial charge on any atom is 0.161 e. The van der Waals surface area contributed by atoms with Crippen molar-refractivity contribution in [3.8, 4) is 6.07 Å². The molecule has 0 atom stereocenters. The van der Waals surface area contributed by atoms with E-state index in [-0.39, 0.29) is 4.47 Å². The molecular formula is C13H16BrFN2O. The van der Waals surface area contributed by atoms with Gasteiger partial charge in [0, 0.05) is 19.8 Å². The summed E-state index contributed by atoms with van der Waals surface area (Å²) in [4.78, 5) is 0. The molecule has 0 aromatic heterocycles. The van der Waals surface area contributed by atoms with Crippen molar-refractivity contribution in [2.45, 2.75) is 19.8 Å². The number of halogens is 2. The van der Waals surface area contributed by atoms with Gasteiger partial charge in [-0.1, -0.05) is 6.92 Å². The number of nitriles is 1. The molecule has 0 aliphatic rings. The second-order valence-electron chi connectivity index (χ2n) is 3.79. The topological polar surface area (TPSA) is 45.0 Å². The Morgan fingerprint density at radius 2 is 2.22 bits per heavy atom. The van der Waals surface area contributed by atoms with Gasteiger partial charge in [0.25, 0.3) is 0 Å². The normalized spacial score (nSPS) is 10.1. The molecule has 0 fully saturated rings. The van der Waals surface area contributed by atoms with E-state index in [0.717, 1.165) is 19.4 Å². The molecule has 0 heterocycles. The van der Waals surface area contributed by atoms with Crippen molar-refractivity contribution >= 4 is 21.6 Å². The molecule has 98 valence electrons. The van der Waals surface area contributed by atoms with E-state index in [1.165, 1.54) is 0 Å². The molecule has 0 amide bonds. The fraction of sp³-hybridized carbons (Fsp3) is 0.462. The number of hydrogen-bond acceptors (Lipinski definition) is 3. The van der Waals surface area contributed by atoms with Crippen LogP contribution in [0.2, 0.25) is 0 Å². The average Bonchev–Trinajstić information content (AvgIpc) is 2.38. The number of benzene rings is 1. The van der Waals surface area contributed by atoms with Crippen molar-refractivity contribution in [2.75, 3.05) is 25.1 Å². The lowest BCUT2D eigenvalue weighted by molar-refractivity contribution is 0.134. The van der Waals surface area contributed by atoms with Crippen LogP contribution in [0.15, 0.2) is 16.6 Å². The summed E-state index contributed by atoms with van der Waals surface area (Å²) < 4.78 is 19.3. The summed E-state index contributed by atoms with van der Waals surface area (Å²) in [6.07, 6.45) is 1.82. The Morgan fingerprint density at radius 1 is 1.44 bits per heavy atom. The third kappa shape index (κ3) is 4.28. The molecular weight excluding hydrogens is 299 g/mol. The highest BCUT2D eigenvalue weighted by molar-refractivity contribution is 9.10. The summed E-state index contributed by atoms with van der Waals surface area (Å²) in [5.74, 6) is -0.427. The third-order valence-electron chi connectivity index (χ3n) is 2.33. The van der Waals surface area contributed by atoms with Crippen LogP contribution in [0.3, 0.4) is 0 Å². The third-order valence-corrected chi connectivity index (χ3v) is 3.11. The van der Waals surface area contributed by atoms with Gasteiger partial charge in [0.1, 0.15) is 6.07 Å². The van der Waals surface area contributed by atoms with Crippen molar-refractivity contribution in [3.05, 3.63) is 28.0 Å². The fourth-order valence-electron chi connectivity index (χ4n) is 1.42. The van der Waals surface area contributed by atoms with Crippen molar-refractivity contribution < 1.29 is 9.13 Å². The molecule has 1 N–H and O–H groups in total. The highest BCUT2D eigenvalue weighted by Gasteiger charge is 2.10. The smallest absolute Gasteiger partial charge is 0.161 e.